The number of fused-ring (bicyclic) bond motifs is 8. The lowest BCUT2D eigenvalue weighted by atomic mass is 9.57. The largest absolute Gasteiger partial charge is 0.463 e. The van der Waals surface area contributed by atoms with Crippen molar-refractivity contribution in [2.75, 3.05) is 83.2 Å². The van der Waals surface area contributed by atoms with Gasteiger partial charge in [0.1, 0.15) is 90.9 Å². The molecule has 8 fully saturated rings. The molecule has 8 aliphatic rings. The number of carbonyl (C=O) groups excluding carboxylic acids is 6. The summed E-state index contributed by atoms with van der Waals surface area (Å²) in [5.41, 5.74) is 9.02. The van der Waals surface area contributed by atoms with Gasteiger partial charge in [-0.15, -0.1) is 0 Å². The van der Waals surface area contributed by atoms with Crippen molar-refractivity contribution in [3.63, 3.8) is 0 Å². The molecule has 0 radical (unpaired) electrons. The molecule has 6 aromatic heterocycles. The topological polar surface area (TPSA) is 453 Å². The first-order valence-corrected chi connectivity index (χ1v) is 42.9. The predicted octanol–water partition coefficient (Wildman–Crippen LogP) is 9.41. The van der Waals surface area contributed by atoms with Gasteiger partial charge in [-0.05, 0) is 154 Å². The summed E-state index contributed by atoms with van der Waals surface area (Å²) < 4.78 is 128. The average molecular weight is 1760 g/mol. The van der Waals surface area contributed by atoms with Gasteiger partial charge in [0.25, 0.3) is 0 Å². The number of H-pyrrole nitrogens is 2. The standard InChI is InChI=1S/C48H59F2N5O11.C41H50F2N6O11/c1-6-14-60-16-17-61-15-13-42(58)54-39-18-30(7-12-40(39)65-48-27(3)26(2)44(64-29(5)57)41(66-48)25-62-28(4)56)24-63-47(59)43-32-10-8-31(9-11-32)34(43)20-38-37(50)23-53-46(55-38)36-22-52-45-35(36)19-33(49)21-51-45;42-24-14-26-27(17-46-38(26)45-16-24)39-47-18-28(43)29(49-39)15-25-22-2-4-23(5-3-22)34(25)40(55)58-20-21-1-6-31(59-41-37(54)36(53)35(52)32(19-50)60-41)30(13-21)48-33(51)7-9-56-11-12-57-10-8-44/h7,12,18-19,21-23,26-27,31-32,34,41,43-44,48H,6,8-11,13-17,20,24-25H2,1-5H3,(H,51,52)(H,54,58);1,6,13-14,16-18,22-23,25,32,34-37,41,50,52-54H,2-5,7-12,15,19-20,44H2,(H,45,46)(H,48,51)/t26-,27-,31?,32?,34+,41-,43+,44-,48-;22?,23?,25-,32+,34-,35-,36-,37+,41+/m10/s1. The summed E-state index contributed by atoms with van der Waals surface area (Å²) in [6, 6.07) is 12.3. The van der Waals surface area contributed by atoms with Gasteiger partial charge in [0.2, 0.25) is 24.4 Å². The second kappa shape index (κ2) is 43.9. The van der Waals surface area contributed by atoms with Crippen LogP contribution in [0.1, 0.15) is 128 Å². The number of hydrogen-bond donors (Lipinski definition) is 9. The Morgan fingerprint density at radius 1 is 0.532 bits per heavy atom. The Bertz CT molecular complexity index is 5050. The number of pyridine rings is 2. The maximum atomic E-state index is 15.5. The van der Waals surface area contributed by atoms with Crippen LogP contribution in [0.4, 0.5) is 28.9 Å². The van der Waals surface area contributed by atoms with Crippen LogP contribution in [0.15, 0.2) is 85.7 Å². The Labute approximate surface area is 723 Å². The summed E-state index contributed by atoms with van der Waals surface area (Å²) in [5, 5.41) is 47.4. The van der Waals surface area contributed by atoms with Crippen molar-refractivity contribution in [1.29, 1.82) is 0 Å². The van der Waals surface area contributed by atoms with Gasteiger partial charge in [-0.25, -0.2) is 47.5 Å². The van der Waals surface area contributed by atoms with Crippen LogP contribution in [-0.2, 0) is 102 Å². The SMILES string of the molecule is CCCOCCOCCC(=O)Nc1cc(COC(=O)[C@H]2C3CCC(CC3)[C@@H]2Cc2nc(-c3c[nH]c4ncc(F)cc34)ncc2F)ccc1O[C@@H]1O[C@H](COC(C)=O)[C@H](OC(C)=O)[C@H](C)[C@H]1C.NCCOCCOCCC(=O)Nc1cc(COC(=O)[C@H]2C3CCC(CC3)[C@@H]2Cc2nc(-c3c[nH]c4ncc(F)cc34)ncc2F)ccc1O[C@@H]1O[C@H](CO)[C@H](O)[C@H](O)[C@H]1O. The van der Waals surface area contributed by atoms with E-state index in [1.165, 1.54) is 38.1 Å². The number of nitrogens with zero attached hydrogens (tertiary/aromatic N) is 6. The molecule has 0 unspecified atom stereocenters. The fourth-order valence-corrected chi connectivity index (χ4v) is 18.0. The molecule has 2 aromatic carbocycles. The number of amides is 2. The van der Waals surface area contributed by atoms with Crippen molar-refractivity contribution in [2.45, 2.75) is 181 Å². The molecular formula is C89H109F4N11O22. The quantitative estimate of drug-likeness (QED) is 0.00752. The molecule has 8 aromatic rings. The molecule has 4 bridgehead atoms. The smallest absolute Gasteiger partial charge is 0.309 e. The molecular weight excluding hydrogens is 1650 g/mol. The van der Waals surface area contributed by atoms with Crippen LogP contribution in [0, 0.1) is 82.4 Å². The Morgan fingerprint density at radius 2 is 0.992 bits per heavy atom. The van der Waals surface area contributed by atoms with Gasteiger partial charge in [-0.1, -0.05) is 32.9 Å². The minimum atomic E-state index is -1.71. The third-order valence-corrected chi connectivity index (χ3v) is 24.5. The summed E-state index contributed by atoms with van der Waals surface area (Å²) in [4.78, 5) is 110. The minimum Gasteiger partial charge on any atom is -0.463 e. The zero-order valence-corrected chi connectivity index (χ0v) is 70.8. The second-order valence-electron chi connectivity index (χ2n) is 32.9. The molecule has 33 nitrogen and oxygen atoms in total. The lowest BCUT2D eigenvalue weighted by Gasteiger charge is -2.47. The summed E-state index contributed by atoms with van der Waals surface area (Å²) in [5.74, 6) is -6.00. The van der Waals surface area contributed by atoms with E-state index in [-0.39, 0.29) is 159 Å². The number of benzene rings is 2. The highest BCUT2D eigenvalue weighted by Crippen LogP contribution is 2.53. The van der Waals surface area contributed by atoms with Gasteiger partial charge < -0.3 is 104 Å². The number of anilines is 2. The van der Waals surface area contributed by atoms with Crippen LogP contribution in [0.25, 0.3) is 44.8 Å². The third-order valence-electron chi connectivity index (χ3n) is 24.5. The number of aliphatic hydroxyl groups excluding tert-OH is 4. The first kappa shape index (κ1) is 93.3. The minimum absolute atomic E-state index is 0.0174. The summed E-state index contributed by atoms with van der Waals surface area (Å²) in [7, 11) is 0. The highest BCUT2D eigenvalue weighted by molar-refractivity contribution is 5.94. The number of carbonyl (C=O) groups is 6. The molecule has 6 saturated carbocycles. The van der Waals surface area contributed by atoms with E-state index in [0.29, 0.717) is 89.6 Å². The molecule has 6 aliphatic carbocycles. The van der Waals surface area contributed by atoms with E-state index in [0.717, 1.165) is 82.6 Å². The van der Waals surface area contributed by atoms with Crippen molar-refractivity contribution in [1.82, 2.24) is 39.9 Å². The molecule has 126 heavy (non-hydrogen) atoms. The van der Waals surface area contributed by atoms with Crippen LogP contribution in [-0.4, -0.2) is 218 Å². The van der Waals surface area contributed by atoms with Gasteiger partial charge >= 0.3 is 23.9 Å². The number of aromatic nitrogens is 8. The van der Waals surface area contributed by atoms with Gasteiger partial charge in [0.15, 0.2) is 23.3 Å². The van der Waals surface area contributed by atoms with Crippen molar-refractivity contribution in [3.8, 4) is 34.3 Å². The van der Waals surface area contributed by atoms with Crippen molar-refractivity contribution in [2.24, 2.45) is 64.9 Å². The molecule has 16 rings (SSSR count). The number of aromatic amines is 2. The molecule has 10 N–H and O–H groups in total. The van der Waals surface area contributed by atoms with E-state index < -0.39 is 121 Å². The fraction of sp³-hybridized carbons (Fsp3) is 0.551. The maximum Gasteiger partial charge on any atom is 0.309 e. The molecule has 14 atom stereocenters. The second-order valence-corrected chi connectivity index (χ2v) is 32.9. The molecule has 8 heterocycles. The number of rotatable bonds is 38. The Hall–Kier alpha value is -10.3. The summed E-state index contributed by atoms with van der Waals surface area (Å²) >= 11 is 0. The average Bonchev–Trinajstić information content (AvgIpc) is 0.797. The highest BCUT2D eigenvalue weighted by Gasteiger charge is 2.51. The van der Waals surface area contributed by atoms with E-state index in [9.17, 15) is 58.0 Å². The first-order valence-electron chi connectivity index (χ1n) is 42.9. The van der Waals surface area contributed by atoms with E-state index in [1.807, 2.05) is 20.8 Å². The first-order chi connectivity index (χ1) is 60.8. The van der Waals surface area contributed by atoms with Crippen molar-refractivity contribution < 1.29 is 124 Å². The molecule has 0 spiro atoms. The van der Waals surface area contributed by atoms with Gasteiger partial charge in [-0.3, -0.25) is 28.8 Å². The third kappa shape index (κ3) is 23.3. The zero-order chi connectivity index (χ0) is 89.2. The maximum absolute atomic E-state index is 15.5. The highest BCUT2D eigenvalue weighted by atomic mass is 19.1. The number of esters is 4. The zero-order valence-electron chi connectivity index (χ0n) is 70.8. The van der Waals surface area contributed by atoms with Crippen molar-refractivity contribution >= 4 is 69.1 Å². The van der Waals surface area contributed by atoms with E-state index in [4.69, 9.17) is 62.6 Å². The van der Waals surface area contributed by atoms with E-state index in [1.54, 1.807) is 36.7 Å². The van der Waals surface area contributed by atoms with E-state index >= 15 is 8.78 Å². The normalized spacial score (nSPS) is 25.5. The van der Waals surface area contributed by atoms with Crippen LogP contribution < -0.4 is 25.8 Å². The summed E-state index contributed by atoms with van der Waals surface area (Å²) in [6.07, 6.45) is 5.57. The van der Waals surface area contributed by atoms with Crippen molar-refractivity contribution in [3.05, 3.63) is 131 Å². The molecule has 2 aliphatic heterocycles. The molecule has 37 heteroatoms. The molecule has 2 amide bonds. The predicted molar refractivity (Wildman–Crippen MR) is 442 cm³/mol. The number of aliphatic hydroxyl groups is 4. The van der Waals surface area contributed by atoms with Gasteiger partial charge in [0.05, 0.1) is 125 Å². The number of nitrogens with one attached hydrogen (secondary N) is 4. The molecule has 2 saturated heterocycles. The number of hydrogen-bond acceptors (Lipinski definition) is 29. The number of halogens is 4. The molecule has 680 valence electrons. The van der Waals surface area contributed by atoms with Crippen LogP contribution >= 0.6 is 0 Å². The fourth-order valence-electron chi connectivity index (χ4n) is 18.0. The lowest BCUT2D eigenvalue weighted by Crippen LogP contribution is -2.60. The summed E-state index contributed by atoms with van der Waals surface area (Å²) in [6.45, 7) is 10.1. The Balaban J connectivity index is 0.000000217. The number of nitrogens with two attached hydrogens (primary N) is 1. The number of ether oxygens (including phenoxy) is 12. The monoisotopic (exact) mass is 1760 g/mol. The Morgan fingerprint density at radius 3 is 1.45 bits per heavy atom. The van der Waals surface area contributed by atoms with E-state index in [2.05, 4.69) is 50.5 Å². The van der Waals surface area contributed by atoms with Crippen LogP contribution in [0.2, 0.25) is 0 Å². The van der Waals surface area contributed by atoms with Crippen LogP contribution in [0.3, 0.4) is 0 Å². The Kier molecular flexibility index (Phi) is 32.5. The van der Waals surface area contributed by atoms with Gasteiger partial charge in [0, 0.05) is 73.1 Å². The van der Waals surface area contributed by atoms with Gasteiger partial charge in [-0.2, -0.15) is 0 Å². The lowest BCUT2D eigenvalue weighted by molar-refractivity contribution is -0.277. The van der Waals surface area contributed by atoms with Crippen LogP contribution in [0.5, 0.6) is 11.5 Å².